The summed E-state index contributed by atoms with van der Waals surface area (Å²) in [5.74, 6) is 2.52. The van der Waals surface area contributed by atoms with E-state index >= 15 is 0 Å². The normalized spacial score (nSPS) is 15.1. The molecule has 0 amide bonds. The predicted molar refractivity (Wildman–Crippen MR) is 195 cm³/mol. The van der Waals surface area contributed by atoms with Crippen molar-refractivity contribution in [3.05, 3.63) is 77.4 Å². The van der Waals surface area contributed by atoms with Crippen molar-refractivity contribution >= 4 is 60.8 Å². The third kappa shape index (κ3) is 7.63. The molecule has 242 valence electrons. The van der Waals surface area contributed by atoms with E-state index in [9.17, 15) is 4.79 Å². The highest BCUT2D eigenvalue weighted by Crippen LogP contribution is 2.46. The quantitative estimate of drug-likeness (QED) is 0.196. The van der Waals surface area contributed by atoms with E-state index in [2.05, 4.69) is 84.3 Å². The average molecular weight is 744 g/mol. The van der Waals surface area contributed by atoms with Crippen molar-refractivity contribution in [1.29, 1.82) is 0 Å². The van der Waals surface area contributed by atoms with Crippen LogP contribution in [0.3, 0.4) is 0 Å². The number of alkyl halides is 2. The van der Waals surface area contributed by atoms with Gasteiger partial charge in [0, 0.05) is 72.6 Å². The summed E-state index contributed by atoms with van der Waals surface area (Å²) in [7, 11) is 3.37. The maximum absolute atomic E-state index is 13.1. The molecule has 0 spiro atoms. The van der Waals surface area contributed by atoms with E-state index in [1.807, 2.05) is 51.1 Å². The molecule has 7 nitrogen and oxygen atoms in total. The molecule has 5 rings (SSSR count). The summed E-state index contributed by atoms with van der Waals surface area (Å²) in [5, 5.41) is 1.96. The topological polar surface area (TPSA) is 54.5 Å². The Labute approximate surface area is 285 Å². The van der Waals surface area contributed by atoms with Crippen molar-refractivity contribution in [2.24, 2.45) is 0 Å². The molecule has 0 N–H and O–H groups in total. The van der Waals surface area contributed by atoms with Crippen LogP contribution in [-0.4, -0.2) is 75.5 Å². The second-order valence-electron chi connectivity index (χ2n) is 11.6. The highest BCUT2D eigenvalue weighted by Gasteiger charge is 2.43. The molecule has 0 atom stereocenters. The van der Waals surface area contributed by atoms with Gasteiger partial charge in [0.2, 0.25) is 5.78 Å². The van der Waals surface area contributed by atoms with Crippen LogP contribution in [0.4, 0.5) is 17.1 Å². The minimum atomic E-state index is -0.830. The van der Waals surface area contributed by atoms with Gasteiger partial charge >= 0.3 is 0 Å². The molecule has 0 bridgehead atoms. The molecule has 2 heterocycles. The molecule has 2 aliphatic heterocycles. The molecule has 0 aliphatic carbocycles. The summed E-state index contributed by atoms with van der Waals surface area (Å²) in [4.78, 5) is 20.2. The molecule has 1 saturated heterocycles. The molecule has 9 heteroatoms. The molecule has 3 aromatic carbocycles. The summed E-state index contributed by atoms with van der Waals surface area (Å²) in [6.07, 6.45) is 1.82. The van der Waals surface area contributed by atoms with Gasteiger partial charge in [0.15, 0.2) is 5.60 Å². The van der Waals surface area contributed by atoms with Gasteiger partial charge in [-0.25, -0.2) is 0 Å². The first kappa shape index (κ1) is 34.7. The molecule has 0 radical (unpaired) electrons. The lowest BCUT2D eigenvalue weighted by Gasteiger charge is -2.39. The lowest BCUT2D eigenvalue weighted by molar-refractivity contribution is 0.0683. The van der Waals surface area contributed by atoms with E-state index in [1.165, 1.54) is 11.4 Å². The second-order valence-corrected chi connectivity index (χ2v) is 13.2. The number of Topliss-reactive ketones (excluding diaryl/α,β-unsaturated/α-hetero) is 1. The van der Waals surface area contributed by atoms with E-state index in [1.54, 1.807) is 14.2 Å². The largest absolute Gasteiger partial charge is 0.497 e. The average Bonchev–Trinajstić information content (AvgIpc) is 3.31. The zero-order valence-electron chi connectivity index (χ0n) is 27.3. The number of nitrogens with zero attached hydrogens (tertiary/aromatic N) is 3. The van der Waals surface area contributed by atoms with Crippen LogP contribution in [0.2, 0.25) is 0 Å². The van der Waals surface area contributed by atoms with Crippen LogP contribution in [0.5, 0.6) is 17.2 Å². The molecule has 2 aliphatic rings. The number of hydrogen-bond acceptors (Lipinski definition) is 7. The summed E-state index contributed by atoms with van der Waals surface area (Å²) in [6, 6.07) is 16.4. The van der Waals surface area contributed by atoms with Crippen molar-refractivity contribution in [2.45, 2.75) is 33.3 Å². The van der Waals surface area contributed by atoms with Crippen LogP contribution < -0.4 is 28.9 Å². The number of ether oxygens (including phenoxy) is 3. The first-order valence-corrected chi connectivity index (χ1v) is 17.5. The highest BCUT2D eigenvalue weighted by molar-refractivity contribution is 9.09. The van der Waals surface area contributed by atoms with Crippen LogP contribution in [0, 0.1) is 13.8 Å². The number of piperazine rings is 1. The van der Waals surface area contributed by atoms with Crippen LogP contribution in [0.1, 0.15) is 40.9 Å². The zero-order chi connectivity index (χ0) is 32.7. The third-order valence-electron chi connectivity index (χ3n) is 8.52. The van der Waals surface area contributed by atoms with Crippen molar-refractivity contribution in [3.8, 4) is 17.2 Å². The minimum absolute atomic E-state index is 0.0358. The number of benzene rings is 3. The molecule has 1 fully saturated rings. The Bertz CT molecular complexity index is 1460. The van der Waals surface area contributed by atoms with Gasteiger partial charge in [-0.1, -0.05) is 44.5 Å². The van der Waals surface area contributed by atoms with Gasteiger partial charge in [0.25, 0.3) is 0 Å². The summed E-state index contributed by atoms with van der Waals surface area (Å²) < 4.78 is 16.5. The maximum atomic E-state index is 13.1. The minimum Gasteiger partial charge on any atom is -0.497 e. The van der Waals surface area contributed by atoms with E-state index in [-0.39, 0.29) is 5.78 Å². The predicted octanol–water partition coefficient (Wildman–Crippen LogP) is 7.93. The fourth-order valence-electron chi connectivity index (χ4n) is 5.89. The molecular formula is C36H45Br2N3O4. The monoisotopic (exact) mass is 741 g/mol. The van der Waals surface area contributed by atoms with Crippen LogP contribution >= 0.6 is 31.9 Å². The van der Waals surface area contributed by atoms with Gasteiger partial charge in [-0.2, -0.15) is 0 Å². The number of carbonyl (C=O) groups excluding carboxylic acids is 1. The number of rotatable bonds is 10. The number of ketones is 1. The number of anilines is 3. The zero-order valence-corrected chi connectivity index (χ0v) is 30.5. The lowest BCUT2D eigenvalue weighted by atomic mass is 9.90. The van der Waals surface area contributed by atoms with Gasteiger partial charge in [-0.15, -0.1) is 0 Å². The van der Waals surface area contributed by atoms with Crippen molar-refractivity contribution in [1.82, 2.24) is 0 Å². The molecule has 0 unspecified atom stereocenters. The van der Waals surface area contributed by atoms with Crippen LogP contribution in [-0.2, 0) is 0 Å². The van der Waals surface area contributed by atoms with Crippen molar-refractivity contribution < 1.29 is 19.0 Å². The highest BCUT2D eigenvalue weighted by atomic mass is 79.9. The van der Waals surface area contributed by atoms with Crippen LogP contribution in [0.15, 0.2) is 55.1 Å². The molecule has 45 heavy (non-hydrogen) atoms. The Morgan fingerprint density at radius 2 is 1.38 bits per heavy atom. The van der Waals surface area contributed by atoms with E-state index in [4.69, 9.17) is 14.2 Å². The van der Waals surface area contributed by atoms with Crippen molar-refractivity contribution in [2.75, 3.05) is 78.8 Å². The van der Waals surface area contributed by atoms with E-state index in [0.717, 1.165) is 89.6 Å². The molecule has 0 saturated carbocycles. The first-order chi connectivity index (χ1) is 21.6. The Kier molecular flexibility index (Phi) is 11.9. The summed E-state index contributed by atoms with van der Waals surface area (Å²) in [5.41, 5.74) is 6.51. The Morgan fingerprint density at radius 3 is 1.87 bits per heavy atom. The lowest BCUT2D eigenvalue weighted by Crippen LogP contribution is -2.47. The smallest absolute Gasteiger partial charge is 0.210 e. The van der Waals surface area contributed by atoms with Gasteiger partial charge in [0.1, 0.15) is 17.2 Å². The van der Waals surface area contributed by atoms with Crippen LogP contribution in [0.25, 0.3) is 6.08 Å². The first-order valence-electron chi connectivity index (χ1n) is 15.3. The van der Waals surface area contributed by atoms with Gasteiger partial charge < -0.3 is 28.9 Å². The standard InChI is InChI=1S/C25H30N2O3.C11H15Br2NO/c1-7-20-21-23(30-25(4,5)24(21)28)17(3)16(2)22(20)27-14-12-26(13-15-27)18-8-10-19(29-6)11-9-18;1-15-11-4-2-10(3-5-11)14(8-6-12)9-7-13/h7-11H,1,12-15H2,2-6H3;2-5H,6-9H2,1H3. The van der Waals surface area contributed by atoms with Gasteiger partial charge in [-0.05, 0) is 87.4 Å². The van der Waals surface area contributed by atoms with Gasteiger partial charge in [-0.3, -0.25) is 4.79 Å². The fraction of sp³-hybridized carbons (Fsp3) is 0.417. The number of methoxy groups -OCH3 is 2. The van der Waals surface area contributed by atoms with Gasteiger partial charge in [0.05, 0.1) is 19.8 Å². The van der Waals surface area contributed by atoms with Crippen molar-refractivity contribution in [3.63, 3.8) is 0 Å². The maximum Gasteiger partial charge on any atom is 0.210 e. The SMILES string of the molecule is C=Cc1c2c(c(C)c(C)c1N1CCN(c3ccc(OC)cc3)CC1)OC(C)(C)C2=O.COc1ccc(N(CCBr)CCBr)cc1. The number of fused-ring (bicyclic) bond motifs is 1. The molecule has 3 aromatic rings. The number of hydrogen-bond donors (Lipinski definition) is 0. The number of halogens is 2. The summed E-state index contributed by atoms with van der Waals surface area (Å²) in [6.45, 7) is 17.5. The van der Waals surface area contributed by atoms with E-state index < -0.39 is 5.60 Å². The number of carbonyl (C=O) groups is 1. The summed E-state index contributed by atoms with van der Waals surface area (Å²) >= 11 is 6.93. The van der Waals surface area contributed by atoms with E-state index in [0.29, 0.717) is 5.56 Å². The Balaban J connectivity index is 0.000000259. The Morgan fingerprint density at radius 1 is 0.867 bits per heavy atom. The molecular weight excluding hydrogens is 698 g/mol. The molecule has 0 aromatic heterocycles. The third-order valence-corrected chi connectivity index (χ3v) is 9.23. The fourth-order valence-corrected chi connectivity index (χ4v) is 6.74. The Hall–Kier alpha value is -3.17. The second kappa shape index (κ2) is 15.4.